The van der Waals surface area contributed by atoms with Gasteiger partial charge in [-0.3, -0.25) is 9.48 Å². The normalized spacial score (nSPS) is 29.7. The molecule has 2 fully saturated rings. The molecule has 5 nitrogen and oxygen atoms in total. The number of amides is 1. The summed E-state index contributed by atoms with van der Waals surface area (Å²) in [6.45, 7) is 1.81. The number of piperidine rings is 1. The molecule has 1 aromatic heterocycles. The lowest BCUT2D eigenvalue weighted by atomic mass is 9.98. The number of nitrogens with one attached hydrogen (secondary N) is 1. The van der Waals surface area contributed by atoms with Gasteiger partial charge in [-0.25, -0.2) is 0 Å². The van der Waals surface area contributed by atoms with Crippen LogP contribution in [0.25, 0.3) is 0 Å². The van der Waals surface area contributed by atoms with Crippen LogP contribution >= 0.6 is 11.6 Å². The minimum atomic E-state index is -0.105. The lowest BCUT2D eigenvalue weighted by Gasteiger charge is -2.36. The summed E-state index contributed by atoms with van der Waals surface area (Å²) in [5, 5.41) is 7.79. The fourth-order valence-electron chi connectivity index (χ4n) is 3.66. The highest BCUT2D eigenvalue weighted by Crippen LogP contribution is 2.34. The van der Waals surface area contributed by atoms with Crippen LogP contribution in [0.3, 0.4) is 0 Å². The van der Waals surface area contributed by atoms with Gasteiger partial charge in [0.2, 0.25) is 0 Å². The van der Waals surface area contributed by atoms with Crippen LogP contribution in [0, 0.1) is 6.92 Å². The van der Waals surface area contributed by atoms with E-state index in [9.17, 15) is 4.79 Å². The van der Waals surface area contributed by atoms with Gasteiger partial charge >= 0.3 is 0 Å². The van der Waals surface area contributed by atoms with E-state index in [1.54, 1.807) is 11.7 Å². The Morgan fingerprint density at radius 2 is 1.90 bits per heavy atom. The van der Waals surface area contributed by atoms with E-state index in [2.05, 4.69) is 22.4 Å². The van der Waals surface area contributed by atoms with E-state index in [4.69, 9.17) is 11.6 Å². The zero-order chi connectivity index (χ0) is 14.4. The lowest BCUT2D eigenvalue weighted by Crippen LogP contribution is -2.49. The van der Waals surface area contributed by atoms with Gasteiger partial charge in [-0.05, 0) is 39.7 Å². The standard InChI is InChI=1S/C14H21ClN4O/c1-8-12(15)13(19(3)17-8)14(20)16-9-6-10-4-5-11(7-9)18(10)2/h9-11H,4-7H2,1-3H3,(H,16,20). The van der Waals surface area contributed by atoms with Crippen molar-refractivity contribution >= 4 is 17.5 Å². The van der Waals surface area contributed by atoms with E-state index < -0.39 is 0 Å². The molecule has 1 N–H and O–H groups in total. The molecule has 1 amide bonds. The number of aryl methyl sites for hydroxylation is 2. The summed E-state index contributed by atoms with van der Waals surface area (Å²) in [4.78, 5) is 14.9. The minimum absolute atomic E-state index is 0.105. The molecule has 6 heteroatoms. The Labute approximate surface area is 124 Å². The molecule has 0 aliphatic carbocycles. The second-order valence-electron chi connectivity index (χ2n) is 6.06. The number of hydrogen-bond donors (Lipinski definition) is 1. The molecule has 110 valence electrons. The van der Waals surface area contributed by atoms with Crippen molar-refractivity contribution in [3.05, 3.63) is 16.4 Å². The van der Waals surface area contributed by atoms with Gasteiger partial charge in [0.1, 0.15) is 5.69 Å². The number of nitrogens with zero attached hydrogens (tertiary/aromatic N) is 3. The van der Waals surface area contributed by atoms with Crippen LogP contribution in [-0.4, -0.2) is 45.8 Å². The van der Waals surface area contributed by atoms with Gasteiger partial charge < -0.3 is 10.2 Å². The van der Waals surface area contributed by atoms with E-state index in [-0.39, 0.29) is 11.9 Å². The third kappa shape index (κ3) is 2.23. The molecule has 2 bridgehead atoms. The van der Waals surface area contributed by atoms with Crippen molar-refractivity contribution in [2.24, 2.45) is 7.05 Å². The van der Waals surface area contributed by atoms with Gasteiger partial charge in [-0.2, -0.15) is 5.10 Å². The molecule has 20 heavy (non-hydrogen) atoms. The predicted octanol–water partition coefficient (Wildman–Crippen LogP) is 1.74. The highest BCUT2D eigenvalue weighted by Gasteiger charge is 2.39. The zero-order valence-corrected chi connectivity index (χ0v) is 12.9. The summed E-state index contributed by atoms with van der Waals surface area (Å²) in [6.07, 6.45) is 4.57. The Morgan fingerprint density at radius 3 is 2.40 bits per heavy atom. The molecule has 2 unspecified atom stereocenters. The van der Waals surface area contributed by atoms with Crippen molar-refractivity contribution in [1.82, 2.24) is 20.0 Å². The minimum Gasteiger partial charge on any atom is -0.348 e. The Balaban J connectivity index is 1.71. The molecule has 2 aliphatic rings. The summed E-state index contributed by atoms with van der Waals surface area (Å²) in [6, 6.07) is 1.48. The van der Waals surface area contributed by atoms with Crippen molar-refractivity contribution in [3.63, 3.8) is 0 Å². The van der Waals surface area contributed by atoms with Crippen LogP contribution in [0.5, 0.6) is 0 Å². The van der Waals surface area contributed by atoms with E-state index >= 15 is 0 Å². The maximum absolute atomic E-state index is 12.4. The van der Waals surface area contributed by atoms with Crippen LogP contribution in [0.2, 0.25) is 5.02 Å². The maximum Gasteiger partial charge on any atom is 0.271 e. The maximum atomic E-state index is 12.4. The first-order valence-corrected chi connectivity index (χ1v) is 7.57. The second kappa shape index (κ2) is 5.04. The first-order chi connectivity index (χ1) is 9.47. The molecule has 3 heterocycles. The van der Waals surface area contributed by atoms with Gasteiger partial charge in [-0.15, -0.1) is 0 Å². The number of carbonyl (C=O) groups excluding carboxylic acids is 1. The van der Waals surface area contributed by atoms with Crippen molar-refractivity contribution in [3.8, 4) is 0 Å². The fourth-order valence-corrected chi connectivity index (χ4v) is 3.91. The molecule has 2 atom stereocenters. The largest absolute Gasteiger partial charge is 0.348 e. The fraction of sp³-hybridized carbons (Fsp3) is 0.714. The average Bonchev–Trinajstić information content (AvgIpc) is 2.74. The predicted molar refractivity (Wildman–Crippen MR) is 78.0 cm³/mol. The molecular weight excluding hydrogens is 276 g/mol. The van der Waals surface area contributed by atoms with E-state index in [1.807, 2.05) is 6.92 Å². The van der Waals surface area contributed by atoms with Gasteiger partial charge in [-0.1, -0.05) is 11.6 Å². The highest BCUT2D eigenvalue weighted by molar-refractivity contribution is 6.34. The smallest absolute Gasteiger partial charge is 0.271 e. The number of carbonyl (C=O) groups is 1. The molecule has 0 saturated carbocycles. The highest BCUT2D eigenvalue weighted by atomic mass is 35.5. The van der Waals surface area contributed by atoms with Crippen LogP contribution in [0.1, 0.15) is 41.9 Å². The molecule has 0 spiro atoms. The average molecular weight is 297 g/mol. The SMILES string of the molecule is Cc1nn(C)c(C(=O)NC2CC3CCC(C2)N3C)c1Cl. The van der Waals surface area contributed by atoms with Crippen molar-refractivity contribution in [2.75, 3.05) is 7.05 Å². The van der Waals surface area contributed by atoms with Crippen LogP contribution in [0.15, 0.2) is 0 Å². The quantitative estimate of drug-likeness (QED) is 0.904. The van der Waals surface area contributed by atoms with Gasteiger partial charge in [0.05, 0.1) is 10.7 Å². The number of aromatic nitrogens is 2. The molecule has 2 aliphatic heterocycles. The van der Waals surface area contributed by atoms with Crippen molar-refractivity contribution in [2.45, 2.75) is 50.7 Å². The Bertz CT molecular complexity index is 528. The van der Waals surface area contributed by atoms with Gasteiger partial charge in [0, 0.05) is 25.2 Å². The van der Waals surface area contributed by atoms with Crippen LogP contribution < -0.4 is 5.32 Å². The number of halogens is 1. The van der Waals surface area contributed by atoms with E-state index in [0.717, 1.165) is 12.8 Å². The molecule has 1 aromatic rings. The Morgan fingerprint density at radius 1 is 1.30 bits per heavy atom. The molecule has 3 rings (SSSR count). The summed E-state index contributed by atoms with van der Waals surface area (Å²) >= 11 is 6.17. The topological polar surface area (TPSA) is 50.2 Å². The third-order valence-electron chi connectivity index (χ3n) is 4.80. The van der Waals surface area contributed by atoms with Gasteiger partial charge in [0.25, 0.3) is 5.91 Å². The Hall–Kier alpha value is -1.07. The number of hydrogen-bond acceptors (Lipinski definition) is 3. The first-order valence-electron chi connectivity index (χ1n) is 7.19. The molecule has 2 saturated heterocycles. The third-order valence-corrected chi connectivity index (χ3v) is 5.25. The van der Waals surface area contributed by atoms with Gasteiger partial charge in [0.15, 0.2) is 0 Å². The van der Waals surface area contributed by atoms with Crippen LogP contribution in [0.4, 0.5) is 0 Å². The summed E-state index contributed by atoms with van der Waals surface area (Å²) in [5.74, 6) is -0.105. The number of fused-ring (bicyclic) bond motifs is 2. The second-order valence-corrected chi connectivity index (χ2v) is 6.44. The van der Waals surface area contributed by atoms with Crippen LogP contribution in [-0.2, 0) is 7.05 Å². The summed E-state index contributed by atoms with van der Waals surface area (Å²) in [7, 11) is 3.95. The molecule has 0 radical (unpaired) electrons. The summed E-state index contributed by atoms with van der Waals surface area (Å²) < 4.78 is 1.57. The lowest BCUT2D eigenvalue weighted by molar-refractivity contribution is 0.0873. The van der Waals surface area contributed by atoms with E-state index in [1.165, 1.54) is 12.8 Å². The number of rotatable bonds is 2. The summed E-state index contributed by atoms with van der Waals surface area (Å²) in [5.41, 5.74) is 1.17. The first kappa shape index (κ1) is 13.9. The Kier molecular flexibility index (Phi) is 3.50. The van der Waals surface area contributed by atoms with E-state index in [0.29, 0.717) is 28.5 Å². The molecular formula is C14H21ClN4O. The van der Waals surface area contributed by atoms with Crippen molar-refractivity contribution < 1.29 is 4.79 Å². The zero-order valence-electron chi connectivity index (χ0n) is 12.2. The monoisotopic (exact) mass is 296 g/mol. The van der Waals surface area contributed by atoms with Crippen molar-refractivity contribution in [1.29, 1.82) is 0 Å². The molecule has 0 aromatic carbocycles.